The van der Waals surface area contributed by atoms with Crippen molar-refractivity contribution < 1.29 is 0 Å². The summed E-state index contributed by atoms with van der Waals surface area (Å²) in [7, 11) is 1.63. The Balaban J connectivity index is 2.13. The van der Waals surface area contributed by atoms with Crippen molar-refractivity contribution in [2.24, 2.45) is 7.05 Å². The molecule has 3 rings (SSSR count). The molecule has 0 aliphatic carbocycles. The summed E-state index contributed by atoms with van der Waals surface area (Å²) in [5.41, 5.74) is 0.0541. The lowest BCUT2D eigenvalue weighted by molar-refractivity contribution is 0.269. The highest BCUT2D eigenvalue weighted by Gasteiger charge is 2.23. The van der Waals surface area contributed by atoms with Gasteiger partial charge in [-0.05, 0) is 13.5 Å². The van der Waals surface area contributed by atoms with Crippen molar-refractivity contribution in [3.05, 3.63) is 33.0 Å². The average molecular weight is 332 g/mol. The fraction of sp³-hybridized carbons (Fsp3) is 0.562. The predicted octanol–water partition coefficient (Wildman–Crippen LogP) is 0.141. The zero-order valence-corrected chi connectivity index (χ0v) is 14.4. The Morgan fingerprint density at radius 3 is 2.54 bits per heavy atom. The Morgan fingerprint density at radius 2 is 1.92 bits per heavy atom. The molecule has 0 atom stereocenters. The fourth-order valence-corrected chi connectivity index (χ4v) is 3.11. The van der Waals surface area contributed by atoms with Crippen molar-refractivity contribution in [2.75, 3.05) is 37.6 Å². The highest BCUT2D eigenvalue weighted by Crippen LogP contribution is 2.20. The summed E-state index contributed by atoms with van der Waals surface area (Å²) in [6.07, 6.45) is 3.93. The standard InChI is InChI=1S/C16H24N6O2/c1-4-6-7-22-12-13(19(3)16(24)18-14(12)23)17-15(22)21-10-8-20(5-2)9-11-21/h4,6H,5,7-11H2,1-3H3,(H,18,23,24). The third kappa shape index (κ3) is 2.77. The Kier molecular flexibility index (Phi) is 4.57. The summed E-state index contributed by atoms with van der Waals surface area (Å²) in [4.78, 5) is 35.8. The second kappa shape index (κ2) is 6.64. The molecule has 0 saturated carbocycles. The molecule has 0 spiro atoms. The predicted molar refractivity (Wildman–Crippen MR) is 94.7 cm³/mol. The molecule has 0 unspecified atom stereocenters. The minimum Gasteiger partial charge on any atom is -0.340 e. The van der Waals surface area contributed by atoms with Crippen molar-refractivity contribution in [1.29, 1.82) is 0 Å². The first kappa shape index (κ1) is 16.5. The molecule has 2 aromatic rings. The Morgan fingerprint density at radius 1 is 1.21 bits per heavy atom. The van der Waals surface area contributed by atoms with Crippen LogP contribution in [0.4, 0.5) is 5.95 Å². The maximum absolute atomic E-state index is 12.3. The number of fused-ring (bicyclic) bond motifs is 1. The van der Waals surface area contributed by atoms with Crippen molar-refractivity contribution in [2.45, 2.75) is 20.4 Å². The fourth-order valence-electron chi connectivity index (χ4n) is 3.11. The molecule has 0 amide bonds. The summed E-state index contributed by atoms with van der Waals surface area (Å²) in [5.74, 6) is 0.755. The van der Waals surface area contributed by atoms with E-state index >= 15 is 0 Å². The zero-order valence-electron chi connectivity index (χ0n) is 14.4. The van der Waals surface area contributed by atoms with Gasteiger partial charge in [0.15, 0.2) is 11.2 Å². The number of aromatic nitrogens is 4. The van der Waals surface area contributed by atoms with Crippen LogP contribution < -0.4 is 16.1 Å². The molecule has 24 heavy (non-hydrogen) atoms. The quantitative estimate of drug-likeness (QED) is 0.806. The van der Waals surface area contributed by atoms with Gasteiger partial charge in [0.25, 0.3) is 5.56 Å². The number of allylic oxidation sites excluding steroid dienone is 2. The summed E-state index contributed by atoms with van der Waals surface area (Å²) in [6.45, 7) is 9.36. The second-order valence-corrected chi connectivity index (χ2v) is 6.00. The van der Waals surface area contributed by atoms with Gasteiger partial charge in [0.05, 0.1) is 0 Å². The molecular formula is C16H24N6O2. The number of aromatic amines is 1. The van der Waals surface area contributed by atoms with Crippen molar-refractivity contribution in [3.8, 4) is 0 Å². The summed E-state index contributed by atoms with van der Waals surface area (Å²) >= 11 is 0. The molecule has 0 bridgehead atoms. The number of aryl methyl sites for hydroxylation is 1. The molecule has 130 valence electrons. The molecule has 8 heteroatoms. The van der Waals surface area contributed by atoms with Crippen LogP contribution in [-0.4, -0.2) is 56.7 Å². The molecule has 3 heterocycles. The van der Waals surface area contributed by atoms with Crippen LogP contribution in [0.1, 0.15) is 13.8 Å². The normalized spacial score (nSPS) is 16.5. The number of hydrogen-bond donors (Lipinski definition) is 1. The topological polar surface area (TPSA) is 79.2 Å². The first-order chi connectivity index (χ1) is 11.6. The first-order valence-electron chi connectivity index (χ1n) is 8.34. The zero-order chi connectivity index (χ0) is 17.3. The number of anilines is 1. The van der Waals surface area contributed by atoms with Crippen molar-refractivity contribution in [3.63, 3.8) is 0 Å². The van der Waals surface area contributed by atoms with Crippen LogP contribution >= 0.6 is 0 Å². The van der Waals surface area contributed by atoms with E-state index in [-0.39, 0.29) is 5.56 Å². The molecule has 1 N–H and O–H groups in total. The second-order valence-electron chi connectivity index (χ2n) is 6.00. The minimum atomic E-state index is -0.439. The van der Waals surface area contributed by atoms with E-state index in [4.69, 9.17) is 0 Å². The molecule has 1 fully saturated rings. The number of piperazine rings is 1. The van der Waals surface area contributed by atoms with Gasteiger partial charge in [0, 0.05) is 39.8 Å². The monoisotopic (exact) mass is 332 g/mol. The number of hydrogen-bond acceptors (Lipinski definition) is 5. The number of likely N-dealkylation sites (N-methyl/N-ethyl adjacent to an activating group) is 1. The molecule has 8 nitrogen and oxygen atoms in total. The summed E-state index contributed by atoms with van der Waals surface area (Å²) in [6, 6.07) is 0. The van der Waals surface area contributed by atoms with Gasteiger partial charge in [0.1, 0.15) is 0 Å². The number of H-pyrrole nitrogens is 1. The average Bonchev–Trinajstić information content (AvgIpc) is 2.98. The maximum Gasteiger partial charge on any atom is 0.329 e. The van der Waals surface area contributed by atoms with Crippen LogP contribution in [0.25, 0.3) is 11.2 Å². The van der Waals surface area contributed by atoms with E-state index in [0.29, 0.717) is 17.7 Å². The Labute approximate surface area is 140 Å². The highest BCUT2D eigenvalue weighted by atomic mass is 16.2. The largest absolute Gasteiger partial charge is 0.340 e. The SMILES string of the molecule is CC=CCn1c(N2CCN(CC)CC2)nc2c1c(=O)[nH]c(=O)n2C. The van der Waals surface area contributed by atoms with E-state index in [2.05, 4.69) is 26.7 Å². The van der Waals surface area contributed by atoms with E-state index in [1.54, 1.807) is 7.05 Å². The van der Waals surface area contributed by atoms with Crippen LogP contribution in [-0.2, 0) is 13.6 Å². The molecule has 1 aliphatic rings. The number of imidazole rings is 1. The van der Waals surface area contributed by atoms with Crippen LogP contribution in [0.2, 0.25) is 0 Å². The van der Waals surface area contributed by atoms with E-state index < -0.39 is 5.69 Å². The summed E-state index contributed by atoms with van der Waals surface area (Å²) < 4.78 is 3.30. The van der Waals surface area contributed by atoms with Crippen molar-refractivity contribution in [1.82, 2.24) is 24.0 Å². The third-order valence-corrected chi connectivity index (χ3v) is 4.61. The molecule has 1 saturated heterocycles. The van der Waals surface area contributed by atoms with Gasteiger partial charge < -0.3 is 14.4 Å². The highest BCUT2D eigenvalue weighted by molar-refractivity contribution is 5.74. The number of nitrogens with zero attached hydrogens (tertiary/aromatic N) is 5. The lowest BCUT2D eigenvalue weighted by atomic mass is 10.3. The third-order valence-electron chi connectivity index (χ3n) is 4.61. The Bertz CT molecular complexity index is 867. The van der Waals surface area contributed by atoms with E-state index in [9.17, 15) is 9.59 Å². The maximum atomic E-state index is 12.3. The molecule has 2 aromatic heterocycles. The minimum absolute atomic E-state index is 0.386. The van der Waals surface area contributed by atoms with Gasteiger partial charge >= 0.3 is 5.69 Å². The number of rotatable bonds is 4. The van der Waals surface area contributed by atoms with Crippen molar-refractivity contribution >= 4 is 17.1 Å². The van der Waals surface area contributed by atoms with E-state index in [1.807, 2.05) is 23.6 Å². The Hall–Kier alpha value is -2.35. The molecule has 0 aromatic carbocycles. The molecule has 1 aliphatic heterocycles. The lowest BCUT2D eigenvalue weighted by Gasteiger charge is -2.34. The van der Waals surface area contributed by atoms with Crippen LogP contribution in [0, 0.1) is 0 Å². The first-order valence-corrected chi connectivity index (χ1v) is 8.34. The molecule has 0 radical (unpaired) electrons. The van der Waals surface area contributed by atoms with Gasteiger partial charge in [0.2, 0.25) is 5.95 Å². The number of nitrogens with one attached hydrogen (secondary N) is 1. The van der Waals surface area contributed by atoms with Gasteiger partial charge in [-0.2, -0.15) is 4.98 Å². The van der Waals surface area contributed by atoms with Crippen LogP contribution in [0.3, 0.4) is 0 Å². The van der Waals surface area contributed by atoms with Gasteiger partial charge in [-0.25, -0.2) is 4.79 Å². The smallest absolute Gasteiger partial charge is 0.329 e. The van der Waals surface area contributed by atoms with Crippen LogP contribution in [0.5, 0.6) is 0 Å². The van der Waals surface area contributed by atoms with Gasteiger partial charge in [-0.3, -0.25) is 14.3 Å². The van der Waals surface area contributed by atoms with Crippen LogP contribution in [0.15, 0.2) is 21.7 Å². The van der Waals surface area contributed by atoms with E-state index in [0.717, 1.165) is 38.7 Å². The molecular weight excluding hydrogens is 308 g/mol. The van der Waals surface area contributed by atoms with Gasteiger partial charge in [-0.15, -0.1) is 0 Å². The summed E-state index contributed by atoms with van der Waals surface area (Å²) in [5, 5.41) is 0. The van der Waals surface area contributed by atoms with Gasteiger partial charge in [-0.1, -0.05) is 19.1 Å². The lowest BCUT2D eigenvalue weighted by Crippen LogP contribution is -2.47. The van der Waals surface area contributed by atoms with E-state index in [1.165, 1.54) is 4.57 Å².